The Kier molecular flexibility index (Phi) is 2.59. The van der Waals surface area contributed by atoms with Gasteiger partial charge in [-0.15, -0.1) is 0 Å². The highest BCUT2D eigenvalue weighted by atomic mass is 15.1. The maximum atomic E-state index is 6.40. The van der Waals surface area contributed by atoms with E-state index in [1.807, 2.05) is 0 Å². The largest absolute Gasteiger partial charge is 0.385 e. The van der Waals surface area contributed by atoms with Gasteiger partial charge in [0.15, 0.2) is 5.66 Å². The fraction of sp³-hybridized carbons (Fsp3) is 0.357. The first-order valence-corrected chi connectivity index (χ1v) is 6.38. The van der Waals surface area contributed by atoms with Gasteiger partial charge in [-0.3, -0.25) is 5.73 Å². The number of fused-ring (bicyclic) bond motifs is 1. The van der Waals surface area contributed by atoms with E-state index in [1.54, 1.807) is 12.4 Å². The quantitative estimate of drug-likeness (QED) is 0.690. The minimum Gasteiger partial charge on any atom is -0.385 e. The lowest BCUT2D eigenvalue weighted by Crippen LogP contribution is -2.40. The van der Waals surface area contributed by atoms with Gasteiger partial charge in [0.25, 0.3) is 0 Å². The van der Waals surface area contributed by atoms with Crippen molar-refractivity contribution in [2.24, 2.45) is 16.5 Å². The highest BCUT2D eigenvalue weighted by Crippen LogP contribution is 2.32. The van der Waals surface area contributed by atoms with Crippen LogP contribution in [0.15, 0.2) is 35.1 Å². The minimum atomic E-state index is -0.821. The van der Waals surface area contributed by atoms with Crippen LogP contribution in [-0.2, 0) is 18.5 Å². The summed E-state index contributed by atoms with van der Waals surface area (Å²) in [7, 11) is 0. The molecule has 4 heteroatoms. The lowest BCUT2D eigenvalue weighted by Gasteiger charge is -2.30. The molecule has 0 amide bonds. The summed E-state index contributed by atoms with van der Waals surface area (Å²) in [6.45, 7) is 0. The lowest BCUT2D eigenvalue weighted by atomic mass is 9.83. The maximum Gasteiger partial charge on any atom is 0.158 e. The third-order valence-corrected chi connectivity index (χ3v) is 3.71. The van der Waals surface area contributed by atoms with Crippen molar-refractivity contribution in [3.63, 3.8) is 0 Å². The summed E-state index contributed by atoms with van der Waals surface area (Å²) in [5.41, 5.74) is 15.2. The molecule has 1 atom stereocenters. The molecule has 1 heterocycles. The molecule has 1 aliphatic heterocycles. The molecule has 2 aliphatic rings. The Morgan fingerprint density at radius 1 is 1.22 bits per heavy atom. The number of hydrogen-bond acceptors (Lipinski definition) is 4. The Balaban J connectivity index is 2.12. The van der Waals surface area contributed by atoms with E-state index in [-0.39, 0.29) is 0 Å². The van der Waals surface area contributed by atoms with Crippen molar-refractivity contribution in [2.45, 2.75) is 31.3 Å². The molecule has 18 heavy (non-hydrogen) atoms. The molecule has 1 aliphatic carbocycles. The van der Waals surface area contributed by atoms with E-state index >= 15 is 0 Å². The average molecular weight is 242 g/mol. The lowest BCUT2D eigenvalue weighted by molar-refractivity contribution is 0.560. The summed E-state index contributed by atoms with van der Waals surface area (Å²) in [4.78, 5) is 4.38. The summed E-state index contributed by atoms with van der Waals surface area (Å²) in [6, 6.07) is 6.32. The Morgan fingerprint density at radius 3 is 2.89 bits per heavy atom. The van der Waals surface area contributed by atoms with Crippen LogP contribution in [0.2, 0.25) is 0 Å². The van der Waals surface area contributed by atoms with Gasteiger partial charge in [-0.2, -0.15) is 0 Å². The van der Waals surface area contributed by atoms with E-state index in [0.717, 1.165) is 18.4 Å². The van der Waals surface area contributed by atoms with Crippen molar-refractivity contribution in [1.82, 2.24) is 5.32 Å². The van der Waals surface area contributed by atoms with E-state index in [0.29, 0.717) is 5.82 Å². The zero-order chi connectivity index (χ0) is 12.6. The maximum absolute atomic E-state index is 6.40. The van der Waals surface area contributed by atoms with Gasteiger partial charge in [-0.25, -0.2) is 4.99 Å². The van der Waals surface area contributed by atoms with E-state index < -0.39 is 5.66 Å². The molecule has 0 aromatic heterocycles. The summed E-state index contributed by atoms with van der Waals surface area (Å²) in [5.74, 6) is 0.556. The molecule has 0 fully saturated rings. The van der Waals surface area contributed by atoms with Gasteiger partial charge >= 0.3 is 0 Å². The van der Waals surface area contributed by atoms with Crippen LogP contribution in [-0.4, -0.2) is 6.34 Å². The molecule has 4 nitrogen and oxygen atoms in total. The molecule has 0 bridgehead atoms. The molecule has 94 valence electrons. The average Bonchev–Trinajstić information content (AvgIpc) is 2.38. The summed E-state index contributed by atoms with van der Waals surface area (Å²) in [5, 5.41) is 2.85. The van der Waals surface area contributed by atoms with Crippen LogP contribution in [0.1, 0.15) is 29.5 Å². The van der Waals surface area contributed by atoms with Gasteiger partial charge in [-0.1, -0.05) is 18.2 Å². The van der Waals surface area contributed by atoms with Crippen LogP contribution >= 0.6 is 0 Å². The van der Waals surface area contributed by atoms with Crippen LogP contribution in [0, 0.1) is 0 Å². The number of benzene rings is 1. The SMILES string of the molecule is NC1=CC(N)(c2cccc3c2CCCC3)N=CN1. The van der Waals surface area contributed by atoms with E-state index in [2.05, 4.69) is 28.5 Å². The third kappa shape index (κ3) is 1.78. The Bertz CT molecular complexity index is 533. The van der Waals surface area contributed by atoms with Gasteiger partial charge in [0.05, 0.1) is 6.34 Å². The molecular formula is C14H18N4. The topological polar surface area (TPSA) is 76.4 Å². The highest BCUT2D eigenvalue weighted by Gasteiger charge is 2.30. The number of rotatable bonds is 1. The molecule has 0 radical (unpaired) electrons. The monoisotopic (exact) mass is 242 g/mol. The van der Waals surface area contributed by atoms with Crippen LogP contribution in [0.3, 0.4) is 0 Å². The van der Waals surface area contributed by atoms with E-state index in [9.17, 15) is 0 Å². The first-order valence-electron chi connectivity index (χ1n) is 6.38. The summed E-state index contributed by atoms with van der Waals surface area (Å²) < 4.78 is 0. The van der Waals surface area contributed by atoms with Gasteiger partial charge < -0.3 is 11.1 Å². The van der Waals surface area contributed by atoms with Crippen molar-refractivity contribution >= 4 is 6.34 Å². The Hall–Kier alpha value is -1.81. The molecule has 0 saturated heterocycles. The highest BCUT2D eigenvalue weighted by molar-refractivity contribution is 5.62. The molecule has 3 rings (SSSR count). The Labute approximate surface area is 107 Å². The number of nitrogens with two attached hydrogens (primary N) is 2. The predicted molar refractivity (Wildman–Crippen MR) is 72.8 cm³/mol. The summed E-state index contributed by atoms with van der Waals surface area (Å²) in [6.07, 6.45) is 8.08. The number of nitrogens with zero attached hydrogens (tertiary/aromatic N) is 1. The Morgan fingerprint density at radius 2 is 2.06 bits per heavy atom. The van der Waals surface area contributed by atoms with Crippen LogP contribution < -0.4 is 16.8 Å². The molecule has 1 aromatic rings. The standard InChI is InChI=1S/C14H18N4/c15-13-8-14(16,18-9-17-13)12-7-3-5-10-4-1-2-6-11(10)12/h3,5,7-9H,1-2,4,6,15-16H2,(H,17,18). The molecule has 1 aromatic carbocycles. The molecule has 5 N–H and O–H groups in total. The second-order valence-corrected chi connectivity index (χ2v) is 4.98. The van der Waals surface area contributed by atoms with Gasteiger partial charge in [0, 0.05) is 11.6 Å². The predicted octanol–water partition coefficient (Wildman–Crippen LogP) is 1.11. The van der Waals surface area contributed by atoms with Gasteiger partial charge in [0.2, 0.25) is 0 Å². The third-order valence-electron chi connectivity index (χ3n) is 3.71. The normalized spacial score (nSPS) is 26.2. The zero-order valence-corrected chi connectivity index (χ0v) is 10.3. The first kappa shape index (κ1) is 11.3. The fourth-order valence-electron chi connectivity index (χ4n) is 2.83. The first-order chi connectivity index (χ1) is 8.69. The number of aliphatic imine (C=N–C) groups is 1. The van der Waals surface area contributed by atoms with Crippen molar-refractivity contribution < 1.29 is 0 Å². The summed E-state index contributed by atoms with van der Waals surface area (Å²) >= 11 is 0. The van der Waals surface area contributed by atoms with Gasteiger partial charge in [0.1, 0.15) is 5.82 Å². The molecular weight excluding hydrogens is 224 g/mol. The van der Waals surface area contributed by atoms with E-state index in [4.69, 9.17) is 11.5 Å². The van der Waals surface area contributed by atoms with E-state index in [1.165, 1.54) is 24.0 Å². The fourth-order valence-corrected chi connectivity index (χ4v) is 2.83. The van der Waals surface area contributed by atoms with Crippen molar-refractivity contribution in [3.05, 3.63) is 46.8 Å². The van der Waals surface area contributed by atoms with Crippen molar-refractivity contribution in [1.29, 1.82) is 0 Å². The smallest absolute Gasteiger partial charge is 0.158 e. The molecule has 0 spiro atoms. The van der Waals surface area contributed by atoms with Crippen molar-refractivity contribution in [3.8, 4) is 0 Å². The molecule has 0 saturated carbocycles. The molecule has 1 unspecified atom stereocenters. The van der Waals surface area contributed by atoms with Crippen LogP contribution in [0.4, 0.5) is 0 Å². The number of aryl methyl sites for hydroxylation is 1. The second-order valence-electron chi connectivity index (χ2n) is 4.98. The minimum absolute atomic E-state index is 0.556. The number of hydrogen-bond donors (Lipinski definition) is 3. The van der Waals surface area contributed by atoms with Crippen molar-refractivity contribution in [2.75, 3.05) is 0 Å². The zero-order valence-electron chi connectivity index (χ0n) is 10.3. The van der Waals surface area contributed by atoms with Crippen LogP contribution in [0.25, 0.3) is 0 Å². The second kappa shape index (κ2) is 4.14. The van der Waals surface area contributed by atoms with Gasteiger partial charge in [-0.05, 0) is 36.8 Å². The number of nitrogens with one attached hydrogen (secondary N) is 1. The van der Waals surface area contributed by atoms with Crippen LogP contribution in [0.5, 0.6) is 0 Å².